The number of benzene rings is 1. The fourth-order valence-electron chi connectivity index (χ4n) is 3.11. The highest BCUT2D eigenvalue weighted by Gasteiger charge is 2.34. The normalized spacial score (nSPS) is 15.5. The quantitative estimate of drug-likeness (QED) is 0.748. The number of fused-ring (bicyclic) bond motifs is 3. The molecule has 130 valence electrons. The Balaban J connectivity index is 1.61. The zero-order chi connectivity index (χ0) is 17.6. The van der Waals surface area contributed by atoms with Crippen LogP contribution in [0.5, 0.6) is 5.75 Å². The molecule has 3 aromatic rings. The number of hydrogen-bond donors (Lipinski definition) is 2. The maximum Gasteiger partial charge on any atom is 0.171 e. The van der Waals surface area contributed by atoms with Crippen molar-refractivity contribution in [2.45, 2.75) is 37.9 Å². The zero-order valence-corrected chi connectivity index (χ0v) is 15.4. The van der Waals surface area contributed by atoms with Crippen LogP contribution < -0.4 is 5.32 Å². The van der Waals surface area contributed by atoms with E-state index >= 15 is 0 Å². The van der Waals surface area contributed by atoms with Gasteiger partial charge in [-0.05, 0) is 44.9 Å². The summed E-state index contributed by atoms with van der Waals surface area (Å²) in [6.07, 6.45) is 0.846. The zero-order valence-electron chi connectivity index (χ0n) is 14.6. The maximum absolute atomic E-state index is 9.36. The number of aromatic hydroxyl groups is 1. The summed E-state index contributed by atoms with van der Waals surface area (Å²) < 4.78 is 2.23. The van der Waals surface area contributed by atoms with Gasteiger partial charge in [0.15, 0.2) is 22.1 Å². The van der Waals surface area contributed by atoms with E-state index in [0.29, 0.717) is 0 Å². The largest absolute Gasteiger partial charge is 0.508 e. The highest BCUT2D eigenvalue weighted by molar-refractivity contribution is 7.99. The molecule has 0 fully saturated rings. The minimum absolute atomic E-state index is 0.0128. The van der Waals surface area contributed by atoms with Crippen LogP contribution in [0.4, 0.5) is 5.82 Å². The predicted octanol–water partition coefficient (Wildman–Crippen LogP) is 3.34. The lowest BCUT2D eigenvalue weighted by Gasteiger charge is -2.20. The molecule has 0 spiro atoms. The van der Waals surface area contributed by atoms with Crippen molar-refractivity contribution in [3.05, 3.63) is 35.7 Å². The molecule has 6 nitrogen and oxygen atoms in total. The third kappa shape index (κ3) is 2.93. The lowest BCUT2D eigenvalue weighted by molar-refractivity contribution is 0.404. The SMILES string of the molecule is Cc1nc(NCCc2ccc(O)cc2)c2nc3n(c2n1)C(C)(C)CS3. The van der Waals surface area contributed by atoms with E-state index in [1.165, 1.54) is 0 Å². The van der Waals surface area contributed by atoms with E-state index in [1.54, 1.807) is 23.9 Å². The van der Waals surface area contributed by atoms with Crippen molar-refractivity contribution in [3.8, 4) is 5.75 Å². The van der Waals surface area contributed by atoms with E-state index in [9.17, 15) is 5.11 Å². The molecule has 0 bridgehead atoms. The highest BCUT2D eigenvalue weighted by atomic mass is 32.2. The van der Waals surface area contributed by atoms with Crippen LogP contribution in [-0.4, -0.2) is 36.9 Å². The summed E-state index contributed by atoms with van der Waals surface area (Å²) in [5.41, 5.74) is 2.92. The molecule has 0 atom stereocenters. The number of aromatic nitrogens is 4. The van der Waals surface area contributed by atoms with Crippen LogP contribution in [0.15, 0.2) is 29.4 Å². The second-order valence-corrected chi connectivity index (χ2v) is 7.91. The fourth-order valence-corrected chi connectivity index (χ4v) is 4.34. The van der Waals surface area contributed by atoms with Crippen LogP contribution in [-0.2, 0) is 12.0 Å². The molecule has 0 amide bonds. The molecule has 7 heteroatoms. The summed E-state index contributed by atoms with van der Waals surface area (Å²) in [4.78, 5) is 14.0. The van der Waals surface area contributed by atoms with Crippen molar-refractivity contribution in [1.82, 2.24) is 19.5 Å². The van der Waals surface area contributed by atoms with Gasteiger partial charge in [-0.3, -0.25) is 4.57 Å². The van der Waals surface area contributed by atoms with Crippen LogP contribution >= 0.6 is 11.8 Å². The van der Waals surface area contributed by atoms with Gasteiger partial charge in [0, 0.05) is 12.3 Å². The minimum atomic E-state index is 0.0128. The smallest absolute Gasteiger partial charge is 0.171 e. The number of rotatable bonds is 4. The van der Waals surface area contributed by atoms with Crippen LogP contribution in [0.2, 0.25) is 0 Å². The molecule has 1 aromatic carbocycles. The van der Waals surface area contributed by atoms with Crippen molar-refractivity contribution in [1.29, 1.82) is 0 Å². The third-order valence-corrected chi connectivity index (χ3v) is 5.77. The Labute approximate surface area is 150 Å². The van der Waals surface area contributed by atoms with E-state index in [2.05, 4.69) is 33.7 Å². The standard InChI is InChI=1S/C18H21N5OS/c1-11-20-15(19-9-8-12-4-6-13(24)7-5-12)14-16(21-11)23-17(22-14)25-10-18(23,2)3/h4-7,24H,8-10H2,1-3H3,(H,19,20,21). The molecule has 4 rings (SSSR count). The van der Waals surface area contributed by atoms with Crippen LogP contribution in [0.1, 0.15) is 25.2 Å². The van der Waals surface area contributed by atoms with Gasteiger partial charge in [-0.15, -0.1) is 0 Å². The molecule has 0 saturated heterocycles. The Morgan fingerprint density at radius 3 is 2.72 bits per heavy atom. The molecule has 25 heavy (non-hydrogen) atoms. The number of phenols is 1. The monoisotopic (exact) mass is 355 g/mol. The van der Waals surface area contributed by atoms with Crippen molar-refractivity contribution in [3.63, 3.8) is 0 Å². The summed E-state index contributed by atoms with van der Waals surface area (Å²) in [5.74, 6) is 2.84. The summed E-state index contributed by atoms with van der Waals surface area (Å²) in [5, 5.41) is 13.8. The minimum Gasteiger partial charge on any atom is -0.508 e. The highest BCUT2D eigenvalue weighted by Crippen LogP contribution is 2.40. The Morgan fingerprint density at radius 2 is 1.96 bits per heavy atom. The number of anilines is 1. The van der Waals surface area contributed by atoms with Crippen LogP contribution in [0.3, 0.4) is 0 Å². The lowest BCUT2D eigenvalue weighted by Crippen LogP contribution is -2.24. The number of nitrogens with one attached hydrogen (secondary N) is 1. The summed E-state index contributed by atoms with van der Waals surface area (Å²) >= 11 is 1.77. The molecule has 0 radical (unpaired) electrons. The fraction of sp³-hybridized carbons (Fsp3) is 0.389. The van der Waals surface area contributed by atoms with Crippen molar-refractivity contribution in [2.75, 3.05) is 17.6 Å². The molecule has 3 heterocycles. The number of aryl methyl sites for hydroxylation is 1. The first-order valence-corrected chi connectivity index (χ1v) is 9.35. The topological polar surface area (TPSA) is 75.9 Å². The van der Waals surface area contributed by atoms with Gasteiger partial charge in [0.05, 0.1) is 5.54 Å². The van der Waals surface area contributed by atoms with Gasteiger partial charge >= 0.3 is 0 Å². The van der Waals surface area contributed by atoms with Gasteiger partial charge in [0.2, 0.25) is 0 Å². The van der Waals surface area contributed by atoms with Gasteiger partial charge < -0.3 is 10.4 Å². The maximum atomic E-state index is 9.36. The molecule has 0 unspecified atom stereocenters. The Kier molecular flexibility index (Phi) is 3.83. The first kappa shape index (κ1) is 16.2. The first-order valence-electron chi connectivity index (χ1n) is 8.36. The number of imidazole rings is 1. The average Bonchev–Trinajstić information content (AvgIpc) is 3.07. The first-order chi connectivity index (χ1) is 11.9. The van der Waals surface area contributed by atoms with E-state index < -0.39 is 0 Å². The van der Waals surface area contributed by atoms with E-state index in [0.717, 1.165) is 52.2 Å². The molecule has 0 saturated carbocycles. The molecule has 1 aliphatic heterocycles. The average molecular weight is 355 g/mol. The van der Waals surface area contributed by atoms with Crippen LogP contribution in [0, 0.1) is 6.92 Å². The number of thioether (sulfide) groups is 1. The second kappa shape index (κ2) is 5.91. The van der Waals surface area contributed by atoms with E-state index in [1.807, 2.05) is 19.1 Å². The lowest BCUT2D eigenvalue weighted by atomic mass is 10.1. The van der Waals surface area contributed by atoms with E-state index in [4.69, 9.17) is 4.98 Å². The number of phenolic OH excluding ortho intramolecular Hbond substituents is 1. The molecule has 1 aliphatic rings. The number of hydrogen-bond acceptors (Lipinski definition) is 6. The van der Waals surface area contributed by atoms with Gasteiger partial charge in [-0.25, -0.2) is 15.0 Å². The third-order valence-electron chi connectivity index (χ3n) is 4.39. The molecular weight excluding hydrogens is 334 g/mol. The van der Waals surface area contributed by atoms with Crippen molar-refractivity contribution >= 4 is 28.7 Å². The Bertz CT molecular complexity index is 933. The predicted molar refractivity (Wildman–Crippen MR) is 100 cm³/mol. The second-order valence-electron chi connectivity index (χ2n) is 6.97. The van der Waals surface area contributed by atoms with Crippen LogP contribution in [0.25, 0.3) is 11.2 Å². The summed E-state index contributed by atoms with van der Waals surface area (Å²) in [6.45, 7) is 7.09. The molecular formula is C18H21N5OS. The molecule has 2 N–H and O–H groups in total. The summed E-state index contributed by atoms with van der Waals surface area (Å²) in [7, 11) is 0. The van der Waals surface area contributed by atoms with Crippen molar-refractivity contribution < 1.29 is 5.11 Å². The Hall–Kier alpha value is -2.28. The summed E-state index contributed by atoms with van der Waals surface area (Å²) in [6, 6.07) is 7.29. The molecule has 2 aromatic heterocycles. The number of nitrogens with zero attached hydrogens (tertiary/aromatic N) is 4. The van der Waals surface area contributed by atoms with Gasteiger partial charge in [-0.2, -0.15) is 0 Å². The molecule has 0 aliphatic carbocycles. The van der Waals surface area contributed by atoms with Gasteiger partial charge in [0.1, 0.15) is 11.6 Å². The van der Waals surface area contributed by atoms with Gasteiger partial charge in [-0.1, -0.05) is 23.9 Å². The van der Waals surface area contributed by atoms with E-state index in [-0.39, 0.29) is 11.3 Å². The van der Waals surface area contributed by atoms with Gasteiger partial charge in [0.25, 0.3) is 0 Å². The Morgan fingerprint density at radius 1 is 1.20 bits per heavy atom. The van der Waals surface area contributed by atoms with Crippen molar-refractivity contribution in [2.24, 2.45) is 0 Å².